The minimum absolute atomic E-state index is 0.260. The minimum atomic E-state index is 0.260. The molecule has 0 heterocycles. The molecular weight excluding hydrogens is 234 g/mol. The van der Waals surface area contributed by atoms with E-state index in [1.54, 1.807) is 0 Å². The topological polar surface area (TPSA) is 20.3 Å². The lowest BCUT2D eigenvalue weighted by Crippen LogP contribution is -2.34. The standard InChI is InChI=1S/C17H31NO/c1-5-8-9-10-11-12-13-14-18(17(19)7-3)15-16(4)6-2/h8-9,12-13,16H,5-7,10-11,14-15H2,1-4H3/b9-8-,13-12+. The fraction of sp³-hybridized carbons (Fsp3) is 0.706. The van der Waals surface area contributed by atoms with Crippen LogP contribution in [0.4, 0.5) is 0 Å². The SMILES string of the molecule is CC/C=C\CC/C=C/CN(CC(C)CC)C(=O)CC. The Morgan fingerprint density at radius 3 is 2.21 bits per heavy atom. The molecule has 0 aliphatic heterocycles. The molecule has 0 saturated carbocycles. The summed E-state index contributed by atoms with van der Waals surface area (Å²) in [7, 11) is 0. The Morgan fingerprint density at radius 2 is 1.68 bits per heavy atom. The molecule has 2 heteroatoms. The third kappa shape index (κ3) is 9.52. The van der Waals surface area contributed by atoms with E-state index < -0.39 is 0 Å². The first-order valence-corrected chi connectivity index (χ1v) is 7.73. The summed E-state index contributed by atoms with van der Waals surface area (Å²) in [6, 6.07) is 0. The van der Waals surface area contributed by atoms with Crippen LogP contribution in [0.5, 0.6) is 0 Å². The van der Waals surface area contributed by atoms with E-state index in [0.29, 0.717) is 12.3 Å². The molecule has 1 unspecified atom stereocenters. The summed E-state index contributed by atoms with van der Waals surface area (Å²) in [6.45, 7) is 10.1. The van der Waals surface area contributed by atoms with Crippen molar-refractivity contribution in [2.75, 3.05) is 13.1 Å². The summed E-state index contributed by atoms with van der Waals surface area (Å²) in [6.07, 6.45) is 13.7. The molecule has 1 atom stereocenters. The van der Waals surface area contributed by atoms with Gasteiger partial charge in [-0.1, -0.05) is 58.4 Å². The maximum atomic E-state index is 11.8. The van der Waals surface area contributed by atoms with Crippen LogP contribution in [0, 0.1) is 5.92 Å². The van der Waals surface area contributed by atoms with Crippen LogP contribution in [-0.4, -0.2) is 23.9 Å². The van der Waals surface area contributed by atoms with Crippen LogP contribution in [-0.2, 0) is 4.79 Å². The maximum Gasteiger partial charge on any atom is 0.222 e. The number of hydrogen-bond donors (Lipinski definition) is 0. The van der Waals surface area contributed by atoms with Crippen molar-refractivity contribution >= 4 is 5.91 Å². The second-order valence-corrected chi connectivity index (χ2v) is 5.09. The lowest BCUT2D eigenvalue weighted by atomic mass is 10.1. The normalized spacial score (nSPS) is 13.3. The Hall–Kier alpha value is -1.05. The summed E-state index contributed by atoms with van der Waals surface area (Å²) >= 11 is 0. The van der Waals surface area contributed by atoms with Crippen LogP contribution in [0.3, 0.4) is 0 Å². The van der Waals surface area contributed by atoms with Gasteiger partial charge >= 0.3 is 0 Å². The number of allylic oxidation sites excluding steroid dienone is 3. The molecule has 0 saturated heterocycles. The zero-order valence-corrected chi connectivity index (χ0v) is 13.2. The number of carbonyl (C=O) groups excluding carboxylic acids is 1. The number of unbranched alkanes of at least 4 members (excludes halogenated alkanes) is 1. The number of carbonyl (C=O) groups is 1. The van der Waals surface area contributed by atoms with Gasteiger partial charge in [0.25, 0.3) is 0 Å². The molecule has 0 spiro atoms. The average Bonchev–Trinajstić information content (AvgIpc) is 2.43. The zero-order valence-electron chi connectivity index (χ0n) is 13.2. The van der Waals surface area contributed by atoms with Crippen molar-refractivity contribution < 1.29 is 4.79 Å². The number of amides is 1. The number of rotatable bonds is 10. The molecular formula is C17H31NO. The van der Waals surface area contributed by atoms with E-state index in [-0.39, 0.29) is 5.91 Å². The van der Waals surface area contributed by atoms with Crippen molar-refractivity contribution in [1.29, 1.82) is 0 Å². The molecule has 1 amide bonds. The van der Waals surface area contributed by atoms with Crippen molar-refractivity contribution in [3.63, 3.8) is 0 Å². The Balaban J connectivity index is 4.07. The Bertz CT molecular complexity index is 281. The van der Waals surface area contributed by atoms with Crippen LogP contribution >= 0.6 is 0 Å². The Labute approximate surface area is 119 Å². The van der Waals surface area contributed by atoms with Crippen LogP contribution in [0.25, 0.3) is 0 Å². The maximum absolute atomic E-state index is 11.8. The molecule has 0 aliphatic carbocycles. The monoisotopic (exact) mass is 265 g/mol. The van der Waals surface area contributed by atoms with E-state index in [1.165, 1.54) is 0 Å². The second kappa shape index (κ2) is 12.0. The summed E-state index contributed by atoms with van der Waals surface area (Å²) in [5, 5.41) is 0. The Morgan fingerprint density at radius 1 is 1.05 bits per heavy atom. The highest BCUT2D eigenvalue weighted by Crippen LogP contribution is 2.06. The highest BCUT2D eigenvalue weighted by Gasteiger charge is 2.12. The van der Waals surface area contributed by atoms with Gasteiger partial charge in [0.1, 0.15) is 0 Å². The quantitative estimate of drug-likeness (QED) is 0.418. The molecule has 19 heavy (non-hydrogen) atoms. The van der Waals surface area contributed by atoms with Gasteiger partial charge in [-0.05, 0) is 25.2 Å². The summed E-state index contributed by atoms with van der Waals surface area (Å²) in [4.78, 5) is 13.8. The van der Waals surface area contributed by atoms with Gasteiger partial charge in [-0.3, -0.25) is 4.79 Å². The highest BCUT2D eigenvalue weighted by molar-refractivity contribution is 5.75. The van der Waals surface area contributed by atoms with Gasteiger partial charge in [0.15, 0.2) is 0 Å². The number of nitrogens with zero attached hydrogens (tertiary/aromatic N) is 1. The molecule has 0 N–H and O–H groups in total. The minimum Gasteiger partial charge on any atom is -0.339 e. The first kappa shape index (κ1) is 17.9. The summed E-state index contributed by atoms with van der Waals surface area (Å²) in [5.74, 6) is 0.840. The van der Waals surface area contributed by atoms with Gasteiger partial charge in [-0.25, -0.2) is 0 Å². The molecule has 0 bridgehead atoms. The average molecular weight is 265 g/mol. The van der Waals surface area contributed by atoms with E-state index >= 15 is 0 Å². The van der Waals surface area contributed by atoms with Gasteiger partial charge in [0, 0.05) is 19.5 Å². The van der Waals surface area contributed by atoms with Gasteiger partial charge in [-0.15, -0.1) is 0 Å². The molecule has 0 aromatic carbocycles. The molecule has 0 aromatic heterocycles. The highest BCUT2D eigenvalue weighted by atomic mass is 16.2. The van der Waals surface area contributed by atoms with E-state index in [0.717, 1.165) is 38.8 Å². The van der Waals surface area contributed by atoms with Crippen molar-refractivity contribution in [2.45, 2.75) is 59.8 Å². The van der Waals surface area contributed by atoms with E-state index in [9.17, 15) is 4.79 Å². The lowest BCUT2D eigenvalue weighted by molar-refractivity contribution is -0.130. The molecule has 0 radical (unpaired) electrons. The third-order valence-corrected chi connectivity index (χ3v) is 3.28. The van der Waals surface area contributed by atoms with Crippen LogP contribution in [0.1, 0.15) is 59.8 Å². The fourth-order valence-electron chi connectivity index (χ4n) is 1.80. The van der Waals surface area contributed by atoms with E-state index in [1.807, 2.05) is 11.8 Å². The predicted molar refractivity (Wildman–Crippen MR) is 84.1 cm³/mol. The first-order valence-electron chi connectivity index (χ1n) is 7.73. The van der Waals surface area contributed by atoms with Crippen LogP contribution < -0.4 is 0 Å². The van der Waals surface area contributed by atoms with Gasteiger partial charge in [0.2, 0.25) is 5.91 Å². The second-order valence-electron chi connectivity index (χ2n) is 5.09. The smallest absolute Gasteiger partial charge is 0.222 e. The van der Waals surface area contributed by atoms with E-state index in [2.05, 4.69) is 45.1 Å². The first-order chi connectivity index (χ1) is 9.15. The van der Waals surface area contributed by atoms with Crippen LogP contribution in [0.2, 0.25) is 0 Å². The Kier molecular flexibility index (Phi) is 11.3. The van der Waals surface area contributed by atoms with Gasteiger partial charge in [0.05, 0.1) is 0 Å². The van der Waals surface area contributed by atoms with Gasteiger partial charge in [-0.2, -0.15) is 0 Å². The van der Waals surface area contributed by atoms with E-state index in [4.69, 9.17) is 0 Å². The summed E-state index contributed by atoms with van der Waals surface area (Å²) in [5.41, 5.74) is 0. The third-order valence-electron chi connectivity index (χ3n) is 3.28. The zero-order chi connectivity index (χ0) is 14.5. The summed E-state index contributed by atoms with van der Waals surface area (Å²) < 4.78 is 0. The molecule has 0 fully saturated rings. The van der Waals surface area contributed by atoms with Crippen molar-refractivity contribution in [1.82, 2.24) is 4.90 Å². The fourth-order valence-corrected chi connectivity index (χ4v) is 1.80. The molecule has 110 valence electrons. The molecule has 0 aromatic rings. The van der Waals surface area contributed by atoms with Crippen LogP contribution in [0.15, 0.2) is 24.3 Å². The van der Waals surface area contributed by atoms with Crippen molar-refractivity contribution in [2.24, 2.45) is 5.92 Å². The lowest BCUT2D eigenvalue weighted by Gasteiger charge is -2.23. The number of hydrogen-bond acceptors (Lipinski definition) is 1. The molecule has 0 aliphatic rings. The predicted octanol–water partition coefficient (Wildman–Crippen LogP) is 4.57. The molecule has 2 nitrogen and oxygen atoms in total. The van der Waals surface area contributed by atoms with Gasteiger partial charge < -0.3 is 4.90 Å². The van der Waals surface area contributed by atoms with Crippen molar-refractivity contribution in [3.8, 4) is 0 Å². The van der Waals surface area contributed by atoms with Crippen molar-refractivity contribution in [3.05, 3.63) is 24.3 Å². The molecule has 0 rings (SSSR count). The largest absolute Gasteiger partial charge is 0.339 e.